The van der Waals surface area contributed by atoms with Crippen molar-refractivity contribution >= 4 is 11.6 Å². The first-order chi connectivity index (χ1) is 8.59. The Morgan fingerprint density at radius 2 is 1.67 bits per heavy atom. The van der Waals surface area contributed by atoms with E-state index in [1.165, 1.54) is 6.07 Å². The molecular weight excluding hydrogens is 228 g/mol. The zero-order chi connectivity index (χ0) is 12.9. The van der Waals surface area contributed by atoms with Crippen LogP contribution in [0.2, 0.25) is 0 Å². The molecule has 88 valence electrons. The number of hydrogen-bond acceptors (Lipinski definition) is 3. The van der Waals surface area contributed by atoms with Crippen molar-refractivity contribution in [2.24, 2.45) is 0 Å². The van der Waals surface area contributed by atoms with E-state index in [-0.39, 0.29) is 28.4 Å². The standard InChI is InChI=1S/C15H10O3/c1-8-5-6-9-11(7-8)14(17)10-3-2-4-12(16)13(10)15(9)18/h2-7,16H,1H3. The maximum atomic E-state index is 12.3. The number of carbonyl (C=O) groups is 2. The Morgan fingerprint density at radius 1 is 0.889 bits per heavy atom. The van der Waals surface area contributed by atoms with Gasteiger partial charge >= 0.3 is 0 Å². The Labute approximate surface area is 104 Å². The highest BCUT2D eigenvalue weighted by Crippen LogP contribution is 2.32. The maximum Gasteiger partial charge on any atom is 0.198 e. The van der Waals surface area contributed by atoms with Crippen molar-refractivity contribution in [2.45, 2.75) is 6.92 Å². The van der Waals surface area contributed by atoms with Gasteiger partial charge < -0.3 is 5.11 Å². The maximum absolute atomic E-state index is 12.3. The molecule has 0 amide bonds. The van der Waals surface area contributed by atoms with Crippen molar-refractivity contribution in [3.63, 3.8) is 0 Å². The smallest absolute Gasteiger partial charge is 0.198 e. The average Bonchev–Trinajstić information content (AvgIpc) is 2.35. The van der Waals surface area contributed by atoms with Crippen molar-refractivity contribution in [2.75, 3.05) is 0 Å². The predicted molar refractivity (Wildman–Crippen MR) is 66.2 cm³/mol. The second-order valence-corrected chi connectivity index (χ2v) is 4.41. The molecule has 0 aliphatic heterocycles. The fraction of sp³-hybridized carbons (Fsp3) is 0.0667. The molecule has 0 bridgehead atoms. The fourth-order valence-corrected chi connectivity index (χ4v) is 2.29. The molecule has 0 heterocycles. The highest BCUT2D eigenvalue weighted by molar-refractivity contribution is 6.29. The highest BCUT2D eigenvalue weighted by Gasteiger charge is 2.31. The lowest BCUT2D eigenvalue weighted by atomic mass is 9.83. The van der Waals surface area contributed by atoms with Crippen LogP contribution in [0.15, 0.2) is 36.4 Å². The molecule has 3 nitrogen and oxygen atoms in total. The first-order valence-corrected chi connectivity index (χ1v) is 5.61. The number of ketones is 2. The summed E-state index contributed by atoms with van der Waals surface area (Å²) < 4.78 is 0. The minimum atomic E-state index is -0.294. The molecule has 0 saturated carbocycles. The molecule has 1 N–H and O–H groups in total. The van der Waals surface area contributed by atoms with Crippen LogP contribution in [0.3, 0.4) is 0 Å². The van der Waals surface area contributed by atoms with Crippen LogP contribution in [0.25, 0.3) is 0 Å². The van der Waals surface area contributed by atoms with Crippen LogP contribution < -0.4 is 0 Å². The minimum absolute atomic E-state index is 0.110. The molecule has 3 heteroatoms. The zero-order valence-electron chi connectivity index (χ0n) is 9.73. The number of rotatable bonds is 0. The summed E-state index contributed by atoms with van der Waals surface area (Å²) in [4.78, 5) is 24.6. The van der Waals surface area contributed by atoms with Crippen LogP contribution in [0, 0.1) is 6.92 Å². The quantitative estimate of drug-likeness (QED) is 0.654. The Bertz CT molecular complexity index is 695. The Morgan fingerprint density at radius 3 is 2.44 bits per heavy atom. The van der Waals surface area contributed by atoms with Gasteiger partial charge in [-0.1, -0.05) is 29.8 Å². The molecule has 2 aromatic carbocycles. The highest BCUT2D eigenvalue weighted by atomic mass is 16.3. The molecule has 1 aliphatic carbocycles. The van der Waals surface area contributed by atoms with Crippen LogP contribution in [0.5, 0.6) is 5.75 Å². The van der Waals surface area contributed by atoms with Crippen molar-refractivity contribution in [3.05, 3.63) is 64.2 Å². The van der Waals surface area contributed by atoms with Gasteiger partial charge in [0.05, 0.1) is 5.56 Å². The van der Waals surface area contributed by atoms with Gasteiger partial charge in [-0.2, -0.15) is 0 Å². The van der Waals surface area contributed by atoms with E-state index < -0.39 is 0 Å². The van der Waals surface area contributed by atoms with E-state index in [2.05, 4.69) is 0 Å². The number of hydrogen-bond donors (Lipinski definition) is 1. The summed E-state index contributed by atoms with van der Waals surface area (Å²) in [7, 11) is 0. The van der Waals surface area contributed by atoms with Gasteiger partial charge in [0.2, 0.25) is 0 Å². The van der Waals surface area contributed by atoms with Gasteiger partial charge in [-0.15, -0.1) is 0 Å². The number of aryl methyl sites for hydroxylation is 1. The lowest BCUT2D eigenvalue weighted by molar-refractivity contribution is 0.0976. The zero-order valence-corrected chi connectivity index (χ0v) is 9.73. The van der Waals surface area contributed by atoms with E-state index in [4.69, 9.17) is 0 Å². The molecule has 1 aliphatic rings. The van der Waals surface area contributed by atoms with Gasteiger partial charge in [0.25, 0.3) is 0 Å². The van der Waals surface area contributed by atoms with E-state index >= 15 is 0 Å². The summed E-state index contributed by atoms with van der Waals surface area (Å²) >= 11 is 0. The normalized spacial score (nSPS) is 13.2. The first kappa shape index (κ1) is 10.7. The van der Waals surface area contributed by atoms with Crippen LogP contribution in [0.4, 0.5) is 0 Å². The van der Waals surface area contributed by atoms with Crippen molar-refractivity contribution in [1.29, 1.82) is 0 Å². The topological polar surface area (TPSA) is 54.4 Å². The number of phenols is 1. The van der Waals surface area contributed by atoms with Gasteiger partial charge in [-0.25, -0.2) is 0 Å². The van der Waals surface area contributed by atoms with Gasteiger partial charge in [0, 0.05) is 16.7 Å². The van der Waals surface area contributed by atoms with Crippen molar-refractivity contribution < 1.29 is 14.7 Å². The number of phenolic OH excluding ortho intramolecular Hbond substituents is 1. The van der Waals surface area contributed by atoms with Crippen molar-refractivity contribution in [1.82, 2.24) is 0 Å². The van der Waals surface area contributed by atoms with Crippen molar-refractivity contribution in [3.8, 4) is 5.75 Å². The molecule has 0 unspecified atom stereocenters. The monoisotopic (exact) mass is 238 g/mol. The van der Waals surface area contributed by atoms with Gasteiger partial charge in [-0.3, -0.25) is 9.59 Å². The minimum Gasteiger partial charge on any atom is -0.507 e. The number of carbonyl (C=O) groups excluding carboxylic acids is 2. The molecule has 0 fully saturated rings. The van der Waals surface area contributed by atoms with Crippen LogP contribution in [-0.2, 0) is 0 Å². The van der Waals surface area contributed by atoms with E-state index in [0.717, 1.165) is 5.56 Å². The lowest BCUT2D eigenvalue weighted by Gasteiger charge is -2.18. The van der Waals surface area contributed by atoms with Crippen LogP contribution in [-0.4, -0.2) is 16.7 Å². The molecule has 2 aromatic rings. The van der Waals surface area contributed by atoms with Crippen LogP contribution in [0.1, 0.15) is 37.4 Å². The Kier molecular flexibility index (Phi) is 2.10. The number of aromatic hydroxyl groups is 1. The van der Waals surface area contributed by atoms with E-state index in [9.17, 15) is 14.7 Å². The lowest BCUT2D eigenvalue weighted by Crippen LogP contribution is -2.21. The molecule has 18 heavy (non-hydrogen) atoms. The Balaban J connectivity index is 2.35. The largest absolute Gasteiger partial charge is 0.507 e. The van der Waals surface area contributed by atoms with E-state index in [1.54, 1.807) is 30.3 Å². The summed E-state index contributed by atoms with van der Waals surface area (Å²) in [6.45, 7) is 1.87. The summed E-state index contributed by atoms with van der Waals surface area (Å²) in [5.41, 5.74) is 2.09. The molecule has 3 rings (SSSR count). The number of fused-ring (bicyclic) bond motifs is 2. The molecule has 0 spiro atoms. The number of benzene rings is 2. The molecular formula is C15H10O3. The molecule has 0 saturated heterocycles. The fourth-order valence-electron chi connectivity index (χ4n) is 2.29. The molecule has 0 aromatic heterocycles. The summed E-state index contributed by atoms with van der Waals surface area (Å²) in [5.74, 6) is -0.644. The predicted octanol–water partition coefficient (Wildman–Crippen LogP) is 2.48. The van der Waals surface area contributed by atoms with Gasteiger partial charge in [-0.05, 0) is 19.1 Å². The summed E-state index contributed by atoms with van der Waals surface area (Å²) in [6, 6.07) is 9.70. The second kappa shape index (κ2) is 3.53. The van der Waals surface area contributed by atoms with E-state index in [1.807, 2.05) is 6.92 Å². The Hall–Kier alpha value is -2.42. The molecule has 0 radical (unpaired) electrons. The molecule has 0 atom stereocenters. The summed E-state index contributed by atoms with van der Waals surface area (Å²) in [5, 5.41) is 9.75. The average molecular weight is 238 g/mol. The third-order valence-electron chi connectivity index (χ3n) is 3.18. The SMILES string of the molecule is Cc1ccc2c(c1)C(=O)c1cccc(O)c1C2=O. The third kappa shape index (κ3) is 1.31. The second-order valence-electron chi connectivity index (χ2n) is 4.41. The van der Waals surface area contributed by atoms with Gasteiger partial charge in [0.1, 0.15) is 5.75 Å². The van der Waals surface area contributed by atoms with E-state index in [0.29, 0.717) is 11.1 Å². The van der Waals surface area contributed by atoms with Gasteiger partial charge in [0.15, 0.2) is 11.6 Å². The van der Waals surface area contributed by atoms with Crippen LogP contribution >= 0.6 is 0 Å². The summed E-state index contributed by atoms with van der Waals surface area (Å²) in [6.07, 6.45) is 0. The first-order valence-electron chi connectivity index (χ1n) is 5.61. The third-order valence-corrected chi connectivity index (χ3v) is 3.18.